The van der Waals surface area contributed by atoms with Crippen molar-refractivity contribution < 1.29 is 31.9 Å². The van der Waals surface area contributed by atoms with E-state index in [2.05, 4.69) is 0 Å². The molecule has 3 aromatic carbocycles. The predicted molar refractivity (Wildman–Crippen MR) is 125 cm³/mol. The van der Waals surface area contributed by atoms with Gasteiger partial charge in [-0.05, 0) is 61.0 Å². The van der Waals surface area contributed by atoms with Gasteiger partial charge in [-0.25, -0.2) is 4.79 Å². The van der Waals surface area contributed by atoms with Crippen LogP contribution in [0.4, 0.5) is 13.2 Å². The molecule has 0 radical (unpaired) electrons. The minimum atomic E-state index is -4.96. The van der Waals surface area contributed by atoms with Crippen molar-refractivity contribution in [2.45, 2.75) is 19.2 Å². The second-order valence-corrected chi connectivity index (χ2v) is 8.31. The molecule has 0 aliphatic carbocycles. The highest BCUT2D eigenvalue weighted by molar-refractivity contribution is 6.30. The third-order valence-electron chi connectivity index (χ3n) is 4.93. The SMILES string of the molecule is CC(Oc1ccc(Cl)cc1)C(=O)Oc1ccc2c(=O)c(-c3ccc(Cl)cc3)c(C(F)(F)F)oc2c1. The Morgan fingerprint density at radius 3 is 2.09 bits per heavy atom. The summed E-state index contributed by atoms with van der Waals surface area (Å²) in [6, 6.07) is 15.2. The molecule has 0 amide bonds. The van der Waals surface area contributed by atoms with Crippen molar-refractivity contribution in [1.82, 2.24) is 0 Å². The Morgan fingerprint density at radius 2 is 1.49 bits per heavy atom. The number of carbonyl (C=O) groups is 1. The lowest BCUT2D eigenvalue weighted by atomic mass is 10.0. The first-order valence-corrected chi connectivity index (χ1v) is 10.9. The average Bonchev–Trinajstić information content (AvgIpc) is 2.80. The fourth-order valence-electron chi connectivity index (χ4n) is 3.28. The molecule has 0 fully saturated rings. The van der Waals surface area contributed by atoms with Crippen molar-refractivity contribution in [3.63, 3.8) is 0 Å². The van der Waals surface area contributed by atoms with Crippen molar-refractivity contribution >= 4 is 40.1 Å². The zero-order valence-corrected chi connectivity index (χ0v) is 19.4. The number of benzene rings is 3. The number of hydrogen-bond donors (Lipinski definition) is 0. The van der Waals surface area contributed by atoms with Gasteiger partial charge in [0.25, 0.3) is 0 Å². The van der Waals surface area contributed by atoms with Crippen LogP contribution in [0.25, 0.3) is 22.1 Å². The van der Waals surface area contributed by atoms with Crippen LogP contribution in [0.5, 0.6) is 11.5 Å². The molecule has 1 aromatic heterocycles. The Hall–Kier alpha value is -3.49. The molecule has 10 heteroatoms. The Kier molecular flexibility index (Phi) is 6.78. The maximum atomic E-state index is 13.8. The summed E-state index contributed by atoms with van der Waals surface area (Å²) in [4.78, 5) is 25.4. The third-order valence-corrected chi connectivity index (χ3v) is 5.44. The van der Waals surface area contributed by atoms with Crippen LogP contribution in [0.3, 0.4) is 0 Å². The maximum Gasteiger partial charge on any atom is 0.450 e. The van der Waals surface area contributed by atoms with Gasteiger partial charge in [0.05, 0.1) is 10.9 Å². The Labute approximate surface area is 206 Å². The summed E-state index contributed by atoms with van der Waals surface area (Å²) < 4.78 is 57.2. The van der Waals surface area contributed by atoms with Gasteiger partial charge in [0.2, 0.25) is 11.2 Å². The van der Waals surface area contributed by atoms with Gasteiger partial charge in [0.15, 0.2) is 6.10 Å². The van der Waals surface area contributed by atoms with Crippen LogP contribution < -0.4 is 14.9 Å². The van der Waals surface area contributed by atoms with Crippen LogP contribution in [-0.2, 0) is 11.0 Å². The van der Waals surface area contributed by atoms with E-state index >= 15 is 0 Å². The van der Waals surface area contributed by atoms with Crippen molar-refractivity contribution in [3.05, 3.63) is 92.8 Å². The quantitative estimate of drug-likeness (QED) is 0.205. The lowest BCUT2D eigenvalue weighted by Gasteiger charge is -2.15. The molecule has 0 bridgehead atoms. The summed E-state index contributed by atoms with van der Waals surface area (Å²) >= 11 is 11.6. The average molecular weight is 523 g/mol. The maximum absolute atomic E-state index is 13.8. The van der Waals surface area contributed by atoms with Gasteiger partial charge in [-0.2, -0.15) is 13.2 Å². The Bertz CT molecular complexity index is 1450. The minimum absolute atomic E-state index is 0.000974. The zero-order chi connectivity index (χ0) is 25.3. The Morgan fingerprint density at radius 1 is 0.914 bits per heavy atom. The molecule has 1 heterocycles. The van der Waals surface area contributed by atoms with Gasteiger partial charge in [-0.15, -0.1) is 0 Å². The van der Waals surface area contributed by atoms with Crippen LogP contribution in [0, 0.1) is 0 Å². The van der Waals surface area contributed by atoms with Gasteiger partial charge in [0, 0.05) is 16.1 Å². The van der Waals surface area contributed by atoms with Crippen LogP contribution in [0.1, 0.15) is 12.7 Å². The summed E-state index contributed by atoms with van der Waals surface area (Å²) in [5.41, 5.74) is -1.92. The van der Waals surface area contributed by atoms with E-state index < -0.39 is 40.6 Å². The summed E-state index contributed by atoms with van der Waals surface area (Å²) in [5, 5.41) is 0.670. The second kappa shape index (κ2) is 9.64. The van der Waals surface area contributed by atoms with Crippen LogP contribution in [-0.4, -0.2) is 12.1 Å². The number of esters is 1. The van der Waals surface area contributed by atoms with E-state index in [1.54, 1.807) is 24.3 Å². The highest BCUT2D eigenvalue weighted by atomic mass is 35.5. The number of fused-ring (bicyclic) bond motifs is 1. The van der Waals surface area contributed by atoms with Crippen molar-refractivity contribution in [1.29, 1.82) is 0 Å². The highest BCUT2D eigenvalue weighted by Gasteiger charge is 2.39. The van der Waals surface area contributed by atoms with Gasteiger partial charge < -0.3 is 13.9 Å². The van der Waals surface area contributed by atoms with E-state index in [0.717, 1.165) is 6.07 Å². The Balaban J connectivity index is 1.67. The molecule has 0 aliphatic heterocycles. The highest BCUT2D eigenvalue weighted by Crippen LogP contribution is 2.38. The fourth-order valence-corrected chi connectivity index (χ4v) is 3.53. The molecular formula is C25H15Cl2F3O5. The lowest BCUT2D eigenvalue weighted by Crippen LogP contribution is -2.28. The third kappa shape index (κ3) is 5.44. The molecule has 0 N–H and O–H groups in total. The van der Waals surface area contributed by atoms with Crippen molar-refractivity contribution in [2.75, 3.05) is 0 Å². The molecule has 1 atom stereocenters. The molecule has 1 unspecified atom stereocenters. The first-order chi connectivity index (χ1) is 16.5. The van der Waals surface area contributed by atoms with E-state index in [0.29, 0.717) is 15.8 Å². The van der Waals surface area contributed by atoms with Gasteiger partial charge in [-0.3, -0.25) is 4.79 Å². The van der Waals surface area contributed by atoms with E-state index in [-0.39, 0.29) is 16.7 Å². The molecule has 0 saturated heterocycles. The normalized spacial score (nSPS) is 12.4. The van der Waals surface area contributed by atoms with Crippen molar-refractivity contribution in [3.8, 4) is 22.6 Å². The first-order valence-electron chi connectivity index (χ1n) is 10.1. The summed E-state index contributed by atoms with van der Waals surface area (Å²) in [7, 11) is 0. The molecule has 180 valence electrons. The van der Waals surface area contributed by atoms with Gasteiger partial charge in [0.1, 0.15) is 17.1 Å². The van der Waals surface area contributed by atoms with Crippen LogP contribution in [0.15, 0.2) is 75.9 Å². The molecule has 35 heavy (non-hydrogen) atoms. The molecule has 4 aromatic rings. The number of alkyl halides is 3. The fraction of sp³-hybridized carbons (Fsp3) is 0.120. The number of halogens is 5. The molecular weight excluding hydrogens is 508 g/mol. The number of carbonyl (C=O) groups excluding carboxylic acids is 1. The van der Waals surface area contributed by atoms with Crippen molar-refractivity contribution in [2.24, 2.45) is 0 Å². The second-order valence-electron chi connectivity index (χ2n) is 7.43. The van der Waals surface area contributed by atoms with Gasteiger partial charge >= 0.3 is 12.1 Å². The topological polar surface area (TPSA) is 65.7 Å². The summed E-state index contributed by atoms with van der Waals surface area (Å²) in [6.45, 7) is 1.44. The largest absolute Gasteiger partial charge is 0.479 e. The molecule has 0 aliphatic rings. The monoisotopic (exact) mass is 522 g/mol. The van der Waals surface area contributed by atoms with Crippen LogP contribution >= 0.6 is 23.2 Å². The van der Waals surface area contributed by atoms with Crippen LogP contribution in [0.2, 0.25) is 10.0 Å². The summed E-state index contributed by atoms with van der Waals surface area (Å²) in [6.07, 6.45) is -6.01. The number of ether oxygens (including phenoxy) is 2. The predicted octanol–water partition coefficient (Wildman–Crippen LogP) is 7.16. The number of rotatable bonds is 5. The van der Waals surface area contributed by atoms with Gasteiger partial charge in [-0.1, -0.05) is 35.3 Å². The molecule has 0 spiro atoms. The first kappa shape index (κ1) is 24.6. The zero-order valence-electron chi connectivity index (χ0n) is 17.9. The van der Waals surface area contributed by atoms with E-state index in [1.807, 2.05) is 0 Å². The standard InChI is InChI=1S/C25H15Cl2F3O5/c1-13(33-17-8-6-16(27)7-9-17)24(32)34-18-10-11-19-20(12-18)35-23(25(28,29)30)21(22(19)31)14-2-4-15(26)5-3-14/h2-13H,1H3. The lowest BCUT2D eigenvalue weighted by molar-refractivity contribution is -0.152. The molecule has 5 nitrogen and oxygen atoms in total. The summed E-state index contributed by atoms with van der Waals surface area (Å²) in [5.74, 6) is -2.03. The smallest absolute Gasteiger partial charge is 0.450 e. The number of hydrogen-bond acceptors (Lipinski definition) is 5. The van der Waals surface area contributed by atoms with E-state index in [1.165, 1.54) is 43.3 Å². The molecule has 4 rings (SSSR count). The minimum Gasteiger partial charge on any atom is -0.479 e. The van der Waals surface area contributed by atoms with E-state index in [9.17, 15) is 22.8 Å². The molecule has 0 saturated carbocycles. The van der Waals surface area contributed by atoms with E-state index in [4.69, 9.17) is 37.1 Å².